The van der Waals surface area contributed by atoms with Crippen molar-refractivity contribution in [3.8, 4) is 67.9 Å². The Morgan fingerprint density at radius 2 is 0.814 bits per heavy atom. The van der Waals surface area contributed by atoms with Gasteiger partial charge in [0.1, 0.15) is 11.5 Å². The molecule has 9 aromatic rings. The van der Waals surface area contributed by atoms with E-state index in [1.54, 1.807) is 0 Å². The molecule has 4 heteroatoms. The smallest absolute Gasteiger partial charge is 0.164 e. The molecule has 8 aromatic carbocycles. The van der Waals surface area contributed by atoms with Crippen molar-refractivity contribution in [1.29, 1.82) is 0 Å². The summed E-state index contributed by atoms with van der Waals surface area (Å²) in [6.45, 7) is 4.71. The van der Waals surface area contributed by atoms with Gasteiger partial charge >= 0.3 is 0 Å². The van der Waals surface area contributed by atoms with Crippen LogP contribution in [0.1, 0.15) is 47.2 Å². The molecule has 0 atom stereocenters. The topological polar surface area (TPSA) is 47.9 Å². The largest absolute Gasteiger partial charge is 0.457 e. The van der Waals surface area contributed by atoms with Crippen molar-refractivity contribution in [3.05, 3.63) is 234 Å². The fourth-order valence-corrected chi connectivity index (χ4v) is 9.53. The van der Waals surface area contributed by atoms with Crippen LogP contribution in [0, 0.1) is 0 Å². The molecule has 0 N–H and O–H groups in total. The van der Waals surface area contributed by atoms with Gasteiger partial charge in [-0.25, -0.2) is 15.0 Å². The van der Waals surface area contributed by atoms with Gasteiger partial charge in [-0.15, -0.1) is 0 Å². The Morgan fingerprint density at radius 1 is 0.322 bits per heavy atom. The van der Waals surface area contributed by atoms with Gasteiger partial charge in [0, 0.05) is 33.2 Å². The van der Waals surface area contributed by atoms with Gasteiger partial charge < -0.3 is 4.74 Å². The summed E-state index contributed by atoms with van der Waals surface area (Å²) in [5, 5.41) is 0. The number of hydrogen-bond acceptors (Lipinski definition) is 4. The van der Waals surface area contributed by atoms with Crippen molar-refractivity contribution in [2.45, 2.75) is 24.7 Å². The monoisotopic (exact) mass is 757 g/mol. The number of benzene rings is 8. The number of para-hydroxylation sites is 2. The van der Waals surface area contributed by atoms with E-state index in [0.29, 0.717) is 17.5 Å². The fourth-order valence-electron chi connectivity index (χ4n) is 9.53. The summed E-state index contributed by atoms with van der Waals surface area (Å²) >= 11 is 0. The van der Waals surface area contributed by atoms with Gasteiger partial charge in [-0.2, -0.15) is 0 Å². The van der Waals surface area contributed by atoms with Crippen LogP contribution in [0.2, 0.25) is 0 Å². The van der Waals surface area contributed by atoms with Crippen molar-refractivity contribution in [1.82, 2.24) is 15.0 Å². The maximum absolute atomic E-state index is 6.68. The average molecular weight is 758 g/mol. The van der Waals surface area contributed by atoms with Gasteiger partial charge in [-0.1, -0.05) is 190 Å². The Labute approximate surface area is 344 Å². The summed E-state index contributed by atoms with van der Waals surface area (Å²) in [5.41, 5.74) is 13.7. The van der Waals surface area contributed by atoms with E-state index in [1.165, 1.54) is 22.3 Å². The van der Waals surface area contributed by atoms with Crippen molar-refractivity contribution < 1.29 is 4.74 Å². The van der Waals surface area contributed by atoms with Gasteiger partial charge in [0.25, 0.3) is 0 Å². The first-order valence-corrected chi connectivity index (χ1v) is 20.2. The van der Waals surface area contributed by atoms with E-state index in [0.717, 1.165) is 61.6 Å². The summed E-state index contributed by atoms with van der Waals surface area (Å²) in [4.78, 5) is 15.6. The molecule has 0 saturated heterocycles. The van der Waals surface area contributed by atoms with Crippen LogP contribution in [0.15, 0.2) is 200 Å². The van der Waals surface area contributed by atoms with E-state index in [9.17, 15) is 0 Å². The third-order valence-electron chi connectivity index (χ3n) is 12.3. The van der Waals surface area contributed by atoms with Gasteiger partial charge in [0.2, 0.25) is 0 Å². The second-order valence-electron chi connectivity index (χ2n) is 15.9. The van der Waals surface area contributed by atoms with Crippen LogP contribution in [0.3, 0.4) is 0 Å². The van der Waals surface area contributed by atoms with Crippen molar-refractivity contribution in [2.75, 3.05) is 0 Å². The van der Waals surface area contributed by atoms with Crippen molar-refractivity contribution in [3.63, 3.8) is 0 Å². The van der Waals surface area contributed by atoms with Gasteiger partial charge in [-0.05, 0) is 68.8 Å². The number of fused-ring (bicyclic) bond motifs is 8. The standard InChI is InChI=1S/C55H39N3O/c1-54(2)43-26-11-12-27-45(43)55(46-28-13-15-30-49(46)59-50-31-16-14-29-47(50)55)48-35-39(32-33-44(48)54)41-24-9-10-25-42(41)53-57-51(37-20-7-4-8-21-37)56-52(58-53)40-23-17-22-38(34-40)36-18-5-3-6-19-36/h3-35H,1-2H3. The van der Waals surface area contributed by atoms with Crippen molar-refractivity contribution in [2.24, 2.45) is 0 Å². The quantitative estimate of drug-likeness (QED) is 0.175. The van der Waals surface area contributed by atoms with Crippen LogP contribution in [0.25, 0.3) is 56.4 Å². The normalized spacial score (nSPS) is 14.0. The first kappa shape index (κ1) is 34.8. The highest BCUT2D eigenvalue weighted by atomic mass is 16.5. The third-order valence-corrected chi connectivity index (χ3v) is 12.3. The molecule has 280 valence electrons. The lowest BCUT2D eigenvalue weighted by atomic mass is 9.53. The zero-order valence-corrected chi connectivity index (χ0v) is 32.8. The summed E-state index contributed by atoms with van der Waals surface area (Å²) in [7, 11) is 0. The van der Waals surface area contributed by atoms with E-state index in [4.69, 9.17) is 19.7 Å². The SMILES string of the molecule is CC1(C)c2ccccc2C2(c3ccccc3Oc3ccccc32)c2cc(-c3ccccc3-c3nc(-c4ccccc4)nc(-c4cccc(-c5ccccc5)c4)n3)ccc21. The molecule has 0 unspecified atom stereocenters. The molecule has 4 nitrogen and oxygen atoms in total. The van der Waals surface area contributed by atoms with Crippen LogP contribution in [0.5, 0.6) is 11.5 Å². The average Bonchev–Trinajstić information content (AvgIpc) is 3.31. The highest BCUT2D eigenvalue weighted by molar-refractivity contribution is 5.85. The van der Waals surface area contributed by atoms with Crippen molar-refractivity contribution >= 4 is 0 Å². The molecule has 1 aromatic heterocycles. The highest BCUT2D eigenvalue weighted by Gasteiger charge is 2.52. The predicted molar refractivity (Wildman–Crippen MR) is 238 cm³/mol. The minimum atomic E-state index is -0.623. The molecule has 11 rings (SSSR count). The van der Waals surface area contributed by atoms with E-state index >= 15 is 0 Å². The molecule has 0 fully saturated rings. The number of rotatable bonds is 5. The number of ether oxygens (including phenoxy) is 1. The Kier molecular flexibility index (Phi) is 8.02. The lowest BCUT2D eigenvalue weighted by Crippen LogP contribution is -2.43. The van der Waals surface area contributed by atoms with Gasteiger partial charge in [-0.3, -0.25) is 0 Å². The number of nitrogens with zero attached hydrogens (tertiary/aromatic N) is 3. The first-order chi connectivity index (χ1) is 29.0. The lowest BCUT2D eigenvalue weighted by Gasteiger charge is -2.50. The maximum Gasteiger partial charge on any atom is 0.164 e. The van der Waals surface area contributed by atoms with Gasteiger partial charge in [0.15, 0.2) is 17.5 Å². The third kappa shape index (κ3) is 5.48. The Balaban J connectivity index is 1.14. The molecule has 0 radical (unpaired) electrons. The summed E-state index contributed by atoms with van der Waals surface area (Å²) < 4.78 is 6.68. The van der Waals surface area contributed by atoms with Gasteiger partial charge in [0.05, 0.1) is 5.41 Å². The van der Waals surface area contributed by atoms with Crippen LogP contribution >= 0.6 is 0 Å². The molecule has 2 aliphatic rings. The molecule has 1 aliphatic heterocycles. The molecular weight excluding hydrogens is 719 g/mol. The Morgan fingerprint density at radius 3 is 1.51 bits per heavy atom. The maximum atomic E-state index is 6.68. The summed E-state index contributed by atoms with van der Waals surface area (Å²) in [6, 6.07) is 70.7. The molecule has 0 amide bonds. The summed E-state index contributed by atoms with van der Waals surface area (Å²) in [6.07, 6.45) is 0. The van der Waals surface area contributed by atoms with Crippen LogP contribution in [-0.4, -0.2) is 15.0 Å². The predicted octanol–water partition coefficient (Wildman–Crippen LogP) is 13.3. The van der Waals surface area contributed by atoms with E-state index in [2.05, 4.69) is 190 Å². The minimum absolute atomic E-state index is 0.264. The summed E-state index contributed by atoms with van der Waals surface area (Å²) in [5.74, 6) is 3.62. The fraction of sp³-hybridized carbons (Fsp3) is 0.0727. The second kappa shape index (κ2) is 13.6. The zero-order valence-electron chi connectivity index (χ0n) is 32.8. The Bertz CT molecular complexity index is 3020. The van der Waals surface area contributed by atoms with E-state index < -0.39 is 5.41 Å². The second-order valence-corrected chi connectivity index (χ2v) is 15.9. The van der Waals surface area contributed by atoms with Crippen LogP contribution in [-0.2, 0) is 10.8 Å². The number of aromatic nitrogens is 3. The number of hydrogen-bond donors (Lipinski definition) is 0. The van der Waals surface area contributed by atoms with E-state index in [1.807, 2.05) is 24.3 Å². The highest BCUT2D eigenvalue weighted by Crippen LogP contribution is 2.61. The molecule has 1 aliphatic carbocycles. The lowest BCUT2D eigenvalue weighted by molar-refractivity contribution is 0.425. The molecular formula is C55H39N3O. The molecule has 0 saturated carbocycles. The first-order valence-electron chi connectivity index (χ1n) is 20.2. The molecule has 0 bridgehead atoms. The molecule has 1 spiro atoms. The zero-order chi connectivity index (χ0) is 39.6. The van der Waals surface area contributed by atoms with Crippen LogP contribution in [0.4, 0.5) is 0 Å². The molecule has 59 heavy (non-hydrogen) atoms. The Hall–Kier alpha value is -7.43. The molecule has 2 heterocycles. The van der Waals surface area contributed by atoms with Crippen LogP contribution < -0.4 is 4.74 Å². The van der Waals surface area contributed by atoms with E-state index in [-0.39, 0.29) is 5.41 Å². The minimum Gasteiger partial charge on any atom is -0.457 e.